The molecule has 2 aromatic heterocycles. The molecule has 0 aliphatic carbocycles. The molecule has 18 heteroatoms. The normalized spacial score (nSPS) is 10.7. The Hall–Kier alpha value is -9.66. The van der Waals surface area contributed by atoms with E-state index < -0.39 is 5.97 Å². The Morgan fingerprint density at radius 2 is 0.876 bits per heavy atom. The monoisotopic (exact) mass is 1190 g/mol. The van der Waals surface area contributed by atoms with E-state index in [2.05, 4.69) is 97.3 Å². The van der Waals surface area contributed by atoms with E-state index >= 15 is 0 Å². The number of esters is 1. The first kappa shape index (κ1) is 68.5. The number of hydrogen-bond donors (Lipinski definition) is 3. The van der Waals surface area contributed by atoms with Crippen LogP contribution in [0.2, 0.25) is 0 Å². The molecule has 0 aliphatic heterocycles. The number of carbonyl (C=O) groups excluding carboxylic acids is 3. The summed E-state index contributed by atoms with van der Waals surface area (Å²) in [7, 11) is 0. The number of fused-ring (bicyclic) bond motifs is 2. The zero-order chi connectivity index (χ0) is 61.0. The van der Waals surface area contributed by atoms with Gasteiger partial charge in [-0.2, -0.15) is 0 Å². The molecule has 0 saturated heterocycles. The van der Waals surface area contributed by atoms with Gasteiger partial charge in [0.05, 0.1) is 42.8 Å². The Kier molecular flexibility index (Phi) is 24.1. The second kappa shape index (κ2) is 31.3. The molecule has 89 heavy (non-hydrogen) atoms. The maximum atomic E-state index is 12.6. The van der Waals surface area contributed by atoms with Gasteiger partial charge in [-0.15, -0.1) is 10.2 Å². The fourth-order valence-corrected chi connectivity index (χ4v) is 9.47. The average molecular weight is 1200 g/mol. The van der Waals surface area contributed by atoms with Gasteiger partial charge >= 0.3 is 30.8 Å². The molecule has 0 saturated carbocycles. The van der Waals surface area contributed by atoms with E-state index in [1.807, 2.05) is 90.3 Å². The molecule has 0 fully saturated rings. The van der Waals surface area contributed by atoms with Crippen LogP contribution in [0.25, 0.3) is 55.2 Å². The van der Waals surface area contributed by atoms with Crippen LogP contribution in [0.3, 0.4) is 0 Å². The van der Waals surface area contributed by atoms with Crippen LogP contribution in [0.1, 0.15) is 97.9 Å². The van der Waals surface area contributed by atoms with Gasteiger partial charge in [0, 0.05) is 36.6 Å². The molecule has 4 N–H and O–H groups in total. The third kappa shape index (κ3) is 18.0. The molecule has 10 aromatic rings. The van der Waals surface area contributed by atoms with Gasteiger partial charge in [-0.3, -0.25) is 19.2 Å². The smallest absolute Gasteiger partial charge is 0.870 e. The van der Waals surface area contributed by atoms with E-state index in [0.29, 0.717) is 46.7 Å². The van der Waals surface area contributed by atoms with Crippen LogP contribution in [0.5, 0.6) is 34.8 Å². The van der Waals surface area contributed by atoms with E-state index in [1.54, 1.807) is 64.8 Å². The first-order valence-electron chi connectivity index (χ1n) is 28.6. The number of aromatic nitrogens is 4. The first-order chi connectivity index (χ1) is 41.3. The Balaban J connectivity index is 0.000000275. The van der Waals surface area contributed by atoms with Crippen LogP contribution in [0.15, 0.2) is 170 Å². The quantitative estimate of drug-likeness (QED) is 0.0450. The number of carboxylic acids is 1. The molecular weight excluding hydrogens is 1120 g/mol. The van der Waals surface area contributed by atoms with Crippen LogP contribution < -0.4 is 48.4 Å². The molecule has 10 rings (SSSR count). The van der Waals surface area contributed by atoms with Crippen molar-refractivity contribution in [2.75, 3.05) is 19.7 Å². The van der Waals surface area contributed by atoms with Crippen LogP contribution in [-0.4, -0.2) is 85.8 Å². The fourth-order valence-electron chi connectivity index (χ4n) is 9.47. The summed E-state index contributed by atoms with van der Waals surface area (Å²) in [4.78, 5) is 47.3. The molecular formula is C71H75LiN6O11. The number of nitrogens with one attached hydrogen (secondary N) is 2. The zero-order valence-corrected chi connectivity index (χ0v) is 51.2. The summed E-state index contributed by atoms with van der Waals surface area (Å²) < 4.78 is 33.4. The second-order valence-electron chi connectivity index (χ2n) is 21.5. The largest absolute Gasteiger partial charge is 1.00 e. The molecule has 2 heterocycles. The summed E-state index contributed by atoms with van der Waals surface area (Å²) in [6.07, 6.45) is 3.85. The number of benzene rings is 8. The minimum atomic E-state index is -0.968. The minimum absolute atomic E-state index is 0. The predicted octanol–water partition coefficient (Wildman–Crippen LogP) is 12.1. The maximum Gasteiger partial charge on any atom is 1.00 e. The number of carboxylic acid groups (broad SMARTS) is 1. The third-order valence-electron chi connectivity index (χ3n) is 13.6. The number of aliphatic carboxylic acids is 1. The van der Waals surface area contributed by atoms with Crippen molar-refractivity contribution in [1.82, 2.24) is 30.2 Å². The summed E-state index contributed by atoms with van der Waals surface area (Å²) >= 11 is 0. The number of aryl methyl sites for hydroxylation is 4. The third-order valence-corrected chi connectivity index (χ3v) is 13.6. The summed E-state index contributed by atoms with van der Waals surface area (Å²) in [5, 5.41) is 28.4. The Labute approximate surface area is 531 Å². The maximum absolute atomic E-state index is 12.6. The van der Waals surface area contributed by atoms with E-state index in [4.69, 9.17) is 39.0 Å². The van der Waals surface area contributed by atoms with E-state index in [9.17, 15) is 19.2 Å². The van der Waals surface area contributed by atoms with Crippen molar-refractivity contribution in [3.8, 4) is 68.4 Å². The van der Waals surface area contributed by atoms with E-state index in [1.165, 1.54) is 11.1 Å². The summed E-state index contributed by atoms with van der Waals surface area (Å²) in [5.41, 5.74) is 10.5. The summed E-state index contributed by atoms with van der Waals surface area (Å²) in [5.74, 6) is 1.33. The number of ether oxygens (including phenoxy) is 5. The number of amides is 2. The Morgan fingerprint density at radius 1 is 0.506 bits per heavy atom. The minimum Gasteiger partial charge on any atom is -0.870 e. The van der Waals surface area contributed by atoms with Crippen LogP contribution in [0.4, 0.5) is 0 Å². The number of hydrogen-bond acceptors (Lipinski definition) is 12. The Morgan fingerprint density at radius 3 is 1.27 bits per heavy atom. The Bertz CT molecular complexity index is 4080. The van der Waals surface area contributed by atoms with Gasteiger partial charge in [-0.05, 0) is 191 Å². The SMILES string of the molecule is C.CCOC(=O)CCNC(=O)c1ccc(Oc2nn(-c3cc(C)ccc3OC(C)C)cc2-c2ccc3cc(C)ccc3c2)cc1.Cc1ccc(OC(C)C)c(-n2cc(-c3ccc4cc(C)ccc4c3)c(Oc3ccc(C(=O)NCCC(=O)O)cc3)n2)c1.[Li+].[OH-]. The van der Waals surface area contributed by atoms with Gasteiger partial charge in [0.1, 0.15) is 34.4 Å². The van der Waals surface area contributed by atoms with Crippen LogP contribution >= 0.6 is 0 Å². The second-order valence-corrected chi connectivity index (χ2v) is 21.5. The van der Waals surface area contributed by atoms with Gasteiger partial charge in [-0.25, -0.2) is 9.36 Å². The van der Waals surface area contributed by atoms with E-state index in [0.717, 1.165) is 72.0 Å². The topological polar surface area (TPSA) is 224 Å². The standard InChI is InChI=1S/C36H37N3O5.C34H33N3O5.CH4.Li.H2O/c1-6-42-34(40)17-18-37-35(41)26-12-14-30(15-13-26)44-36-31(29-11-10-27-19-24(4)7-9-28(27)21-29)22-39(38-36)32-20-25(5)8-16-33(32)43-23(2)3;1-21(2)41-31-14-6-23(4)18-30(31)37-20-29(27-9-8-25-17-22(3)5-7-26(25)19-27)34(36-37)42-28-12-10-24(11-13-28)33(40)35-16-15-32(38)39;;;/h7-16,19-23H,6,17-18H2,1-5H3,(H,37,41);5-14,17-21H,15-16H2,1-4H3,(H,35,40)(H,38,39);1H4;;1H2/q;;;+1;/p-1. The molecule has 0 atom stereocenters. The van der Waals surface area contributed by atoms with Crippen molar-refractivity contribution in [3.63, 3.8) is 0 Å². The number of carbonyl (C=O) groups is 4. The summed E-state index contributed by atoms with van der Waals surface area (Å²) in [6.45, 7) is 18.5. The molecule has 0 radical (unpaired) electrons. The molecule has 8 aromatic carbocycles. The van der Waals surface area contributed by atoms with Gasteiger partial charge < -0.3 is 44.9 Å². The van der Waals surface area contributed by atoms with Crippen molar-refractivity contribution in [2.24, 2.45) is 0 Å². The average Bonchev–Trinajstić information content (AvgIpc) is 2.19. The molecule has 0 unspecified atom stereocenters. The first-order valence-corrected chi connectivity index (χ1v) is 28.6. The molecule has 0 bridgehead atoms. The van der Waals surface area contributed by atoms with Crippen molar-refractivity contribution >= 4 is 45.3 Å². The molecule has 2 amide bonds. The van der Waals surface area contributed by atoms with Gasteiger partial charge in [0.15, 0.2) is 0 Å². The zero-order valence-electron chi connectivity index (χ0n) is 51.2. The van der Waals surface area contributed by atoms with Crippen molar-refractivity contribution in [2.45, 2.75) is 94.8 Å². The van der Waals surface area contributed by atoms with Crippen LogP contribution in [0, 0.1) is 27.7 Å². The molecule has 0 spiro atoms. The predicted molar refractivity (Wildman–Crippen MR) is 343 cm³/mol. The molecule has 0 aliphatic rings. The van der Waals surface area contributed by atoms with Crippen molar-refractivity contribution < 1.29 is 72.3 Å². The van der Waals surface area contributed by atoms with Gasteiger partial charge in [0.2, 0.25) is 11.8 Å². The van der Waals surface area contributed by atoms with Crippen molar-refractivity contribution in [1.29, 1.82) is 0 Å². The van der Waals surface area contributed by atoms with Gasteiger partial charge in [-0.1, -0.05) is 91.3 Å². The number of rotatable bonds is 21. The summed E-state index contributed by atoms with van der Waals surface area (Å²) in [6, 6.07) is 50.8. The van der Waals surface area contributed by atoms with E-state index in [-0.39, 0.29) is 87.7 Å². The molecule has 17 nitrogen and oxygen atoms in total. The van der Waals surface area contributed by atoms with Crippen molar-refractivity contribution in [3.05, 3.63) is 203 Å². The van der Waals surface area contributed by atoms with Gasteiger partial charge in [0.25, 0.3) is 11.8 Å². The fraction of sp³-hybridized carbons (Fsp3) is 0.239. The number of nitrogens with zero attached hydrogens (tertiary/aromatic N) is 4. The molecule has 456 valence electrons. The van der Waals surface area contributed by atoms with Crippen LogP contribution in [-0.2, 0) is 14.3 Å².